The van der Waals surface area contributed by atoms with E-state index in [4.69, 9.17) is 9.47 Å². The van der Waals surface area contributed by atoms with Crippen LogP contribution in [0.5, 0.6) is 5.75 Å². The quantitative estimate of drug-likeness (QED) is 0.933. The molecule has 3 heterocycles. The molecule has 0 bridgehead atoms. The zero-order chi connectivity index (χ0) is 16.5. The van der Waals surface area contributed by atoms with E-state index in [1.807, 2.05) is 30.5 Å². The molecule has 0 unspecified atom stereocenters. The number of carbonyl (C=O) groups excluding carboxylic acids is 1. The topological polar surface area (TPSA) is 65.4 Å². The lowest BCUT2D eigenvalue weighted by Gasteiger charge is -2.21. The number of carbonyl (C=O) groups is 1. The fourth-order valence-corrected chi connectivity index (χ4v) is 3.50. The van der Waals surface area contributed by atoms with Crippen LogP contribution in [-0.2, 0) is 16.1 Å². The molecule has 6 heteroatoms. The number of nitrogens with one attached hydrogen (secondary N) is 1. The monoisotopic (exact) mass is 327 g/mol. The maximum atomic E-state index is 12.8. The number of imidazole rings is 1. The molecule has 2 aliphatic rings. The molecule has 0 saturated carbocycles. The first-order valence-corrected chi connectivity index (χ1v) is 8.42. The second-order valence-electron chi connectivity index (χ2n) is 6.17. The number of rotatable bonds is 4. The highest BCUT2D eigenvalue weighted by Gasteiger charge is 2.37. The van der Waals surface area contributed by atoms with Crippen molar-refractivity contribution in [2.24, 2.45) is 0 Å². The molecule has 1 aromatic heterocycles. The van der Waals surface area contributed by atoms with E-state index >= 15 is 0 Å². The van der Waals surface area contributed by atoms with E-state index in [9.17, 15) is 4.79 Å². The molecule has 126 valence electrons. The Bertz CT molecular complexity index is 743. The van der Waals surface area contributed by atoms with E-state index in [1.165, 1.54) is 0 Å². The summed E-state index contributed by atoms with van der Waals surface area (Å²) in [5.41, 5.74) is 0.959. The Morgan fingerprint density at radius 3 is 3.17 bits per heavy atom. The van der Waals surface area contributed by atoms with Gasteiger partial charge in [-0.3, -0.25) is 4.79 Å². The van der Waals surface area contributed by atoms with E-state index < -0.39 is 0 Å². The number of para-hydroxylation sites is 1. The molecule has 1 saturated heterocycles. The summed E-state index contributed by atoms with van der Waals surface area (Å²) >= 11 is 0. The Morgan fingerprint density at radius 2 is 2.29 bits per heavy atom. The third-order valence-electron chi connectivity index (χ3n) is 4.78. The average Bonchev–Trinajstić information content (AvgIpc) is 3.32. The Kier molecular flexibility index (Phi) is 3.98. The molecule has 0 aliphatic carbocycles. The van der Waals surface area contributed by atoms with Crippen LogP contribution in [0.25, 0.3) is 0 Å². The fourth-order valence-electron chi connectivity index (χ4n) is 3.50. The van der Waals surface area contributed by atoms with Crippen LogP contribution in [0.3, 0.4) is 0 Å². The first-order chi connectivity index (χ1) is 11.8. The molecule has 0 radical (unpaired) electrons. The predicted octanol–water partition coefficient (Wildman–Crippen LogP) is 2.03. The Hall–Kier alpha value is -2.34. The Balaban J connectivity index is 1.50. The molecule has 1 N–H and O–H groups in total. The number of aromatic nitrogens is 2. The summed E-state index contributed by atoms with van der Waals surface area (Å²) in [4.78, 5) is 17.2. The number of ether oxygens (including phenoxy) is 2. The van der Waals surface area contributed by atoms with Crippen molar-refractivity contribution in [3.8, 4) is 5.75 Å². The van der Waals surface area contributed by atoms with Crippen LogP contribution in [-0.4, -0.2) is 34.7 Å². The number of nitrogens with zero attached hydrogens (tertiary/aromatic N) is 2. The van der Waals surface area contributed by atoms with Crippen molar-refractivity contribution in [1.29, 1.82) is 0 Å². The van der Waals surface area contributed by atoms with Crippen molar-refractivity contribution in [1.82, 2.24) is 14.9 Å². The van der Waals surface area contributed by atoms with Crippen LogP contribution < -0.4 is 10.1 Å². The van der Waals surface area contributed by atoms with Gasteiger partial charge in [0.05, 0.1) is 6.04 Å². The second kappa shape index (κ2) is 6.28. The largest absolute Gasteiger partial charge is 0.492 e. The molecule has 4 rings (SSSR count). The first kappa shape index (κ1) is 15.2. The highest BCUT2D eigenvalue weighted by Crippen LogP contribution is 2.35. The smallest absolute Gasteiger partial charge is 0.231 e. The molecule has 2 aliphatic heterocycles. The summed E-state index contributed by atoms with van der Waals surface area (Å²) in [5, 5.41) is 3.15. The van der Waals surface area contributed by atoms with Gasteiger partial charge in [0, 0.05) is 31.1 Å². The van der Waals surface area contributed by atoms with Crippen LogP contribution in [0.2, 0.25) is 0 Å². The van der Waals surface area contributed by atoms with Crippen LogP contribution >= 0.6 is 0 Å². The minimum absolute atomic E-state index is 0.00458. The summed E-state index contributed by atoms with van der Waals surface area (Å²) in [7, 11) is 0. The lowest BCUT2D eigenvalue weighted by atomic mass is 9.99. The van der Waals surface area contributed by atoms with Gasteiger partial charge in [-0.15, -0.1) is 0 Å². The van der Waals surface area contributed by atoms with E-state index in [-0.39, 0.29) is 24.0 Å². The lowest BCUT2D eigenvalue weighted by molar-refractivity contribution is -0.123. The summed E-state index contributed by atoms with van der Waals surface area (Å²) < 4.78 is 13.5. The molecule has 1 aromatic carbocycles. The number of amides is 1. The molecule has 6 nitrogen and oxygen atoms in total. The van der Waals surface area contributed by atoms with Crippen molar-refractivity contribution >= 4 is 5.91 Å². The molecular weight excluding hydrogens is 306 g/mol. The highest BCUT2D eigenvalue weighted by molar-refractivity contribution is 5.85. The maximum absolute atomic E-state index is 12.8. The van der Waals surface area contributed by atoms with Gasteiger partial charge in [0.25, 0.3) is 0 Å². The van der Waals surface area contributed by atoms with Gasteiger partial charge in [-0.25, -0.2) is 4.98 Å². The fraction of sp³-hybridized carbons (Fsp3) is 0.444. The zero-order valence-corrected chi connectivity index (χ0v) is 13.6. The van der Waals surface area contributed by atoms with Crippen molar-refractivity contribution in [2.75, 3.05) is 13.2 Å². The van der Waals surface area contributed by atoms with Crippen LogP contribution in [0.15, 0.2) is 36.7 Å². The van der Waals surface area contributed by atoms with Crippen molar-refractivity contribution in [3.05, 3.63) is 48.0 Å². The number of hydrogen-bond donors (Lipinski definition) is 1. The third-order valence-corrected chi connectivity index (χ3v) is 4.78. The standard InChI is InChI=1S/C18H21N3O3/c1-2-21-9-8-19-17(21)16-14(7-10-23-16)20-18(22)13-11-24-15-6-4-3-5-12(13)15/h3-6,8-9,13-14,16H,2,7,10-11H2,1H3,(H,20,22)/t13-,14+,16+/m1/s1. The van der Waals surface area contributed by atoms with Crippen molar-refractivity contribution in [2.45, 2.75) is 38.0 Å². The molecule has 3 atom stereocenters. The van der Waals surface area contributed by atoms with Crippen molar-refractivity contribution < 1.29 is 14.3 Å². The van der Waals surface area contributed by atoms with Gasteiger partial charge in [-0.2, -0.15) is 0 Å². The van der Waals surface area contributed by atoms with Gasteiger partial charge >= 0.3 is 0 Å². The van der Waals surface area contributed by atoms with Gasteiger partial charge in [0.2, 0.25) is 5.91 Å². The van der Waals surface area contributed by atoms with Gasteiger partial charge in [0.1, 0.15) is 30.2 Å². The molecule has 1 amide bonds. The number of benzene rings is 1. The molecule has 0 spiro atoms. The summed E-state index contributed by atoms with van der Waals surface area (Å²) in [5.74, 6) is 1.42. The zero-order valence-electron chi connectivity index (χ0n) is 13.6. The van der Waals surface area contributed by atoms with E-state index in [1.54, 1.807) is 6.20 Å². The van der Waals surface area contributed by atoms with E-state index in [0.717, 1.165) is 30.1 Å². The molecular formula is C18H21N3O3. The molecule has 2 aromatic rings. The summed E-state index contributed by atoms with van der Waals surface area (Å²) in [6, 6.07) is 7.66. The van der Waals surface area contributed by atoms with Gasteiger partial charge in [0.15, 0.2) is 0 Å². The predicted molar refractivity (Wildman–Crippen MR) is 87.8 cm³/mol. The summed E-state index contributed by atoms with van der Waals surface area (Å²) in [6.45, 7) is 3.93. The average molecular weight is 327 g/mol. The molecule has 1 fully saturated rings. The minimum atomic E-state index is -0.256. The van der Waals surface area contributed by atoms with Crippen LogP contribution in [0.4, 0.5) is 0 Å². The van der Waals surface area contributed by atoms with E-state index in [0.29, 0.717) is 13.2 Å². The molecule has 24 heavy (non-hydrogen) atoms. The van der Waals surface area contributed by atoms with E-state index in [2.05, 4.69) is 21.8 Å². The van der Waals surface area contributed by atoms with Gasteiger partial charge in [-0.1, -0.05) is 18.2 Å². The maximum Gasteiger partial charge on any atom is 0.231 e. The van der Waals surface area contributed by atoms with Crippen LogP contribution in [0, 0.1) is 0 Å². The first-order valence-electron chi connectivity index (χ1n) is 8.42. The normalized spacial score (nSPS) is 25.3. The summed E-state index contributed by atoms with van der Waals surface area (Å²) in [6.07, 6.45) is 4.32. The van der Waals surface area contributed by atoms with Crippen LogP contribution in [0.1, 0.15) is 36.8 Å². The minimum Gasteiger partial charge on any atom is -0.492 e. The Morgan fingerprint density at radius 1 is 1.42 bits per heavy atom. The highest BCUT2D eigenvalue weighted by atomic mass is 16.5. The third kappa shape index (κ3) is 2.57. The SMILES string of the molecule is CCn1ccnc1[C@H]1OCC[C@@H]1NC(=O)[C@@H]1COc2ccccc21. The second-order valence-corrected chi connectivity index (χ2v) is 6.17. The lowest BCUT2D eigenvalue weighted by Crippen LogP contribution is -2.40. The number of hydrogen-bond acceptors (Lipinski definition) is 4. The van der Waals surface area contributed by atoms with Gasteiger partial charge in [-0.05, 0) is 19.4 Å². The van der Waals surface area contributed by atoms with Crippen molar-refractivity contribution in [3.63, 3.8) is 0 Å². The Labute approximate surface area is 140 Å². The number of fused-ring (bicyclic) bond motifs is 1. The van der Waals surface area contributed by atoms with Gasteiger partial charge < -0.3 is 19.4 Å². The number of aryl methyl sites for hydroxylation is 1.